The molecular weight excluding hydrogens is 302 g/mol. The van der Waals surface area contributed by atoms with Crippen LogP contribution in [0.3, 0.4) is 0 Å². The molecule has 128 valence electrons. The molecule has 1 fully saturated rings. The first-order valence-corrected chi connectivity index (χ1v) is 8.50. The van der Waals surface area contributed by atoms with Crippen molar-refractivity contribution in [2.24, 2.45) is 0 Å². The van der Waals surface area contributed by atoms with Crippen LogP contribution in [0, 0.1) is 0 Å². The molecule has 2 aromatic rings. The summed E-state index contributed by atoms with van der Waals surface area (Å²) in [6, 6.07) is 12.7. The third kappa shape index (κ3) is 3.62. The van der Waals surface area contributed by atoms with Crippen LogP contribution >= 0.6 is 0 Å². The van der Waals surface area contributed by atoms with Gasteiger partial charge in [-0.3, -0.25) is 0 Å². The minimum atomic E-state index is 0.0163. The van der Waals surface area contributed by atoms with E-state index in [1.54, 1.807) is 7.11 Å². The first kappa shape index (κ1) is 16.6. The minimum Gasteiger partial charge on any atom is -0.496 e. The van der Waals surface area contributed by atoms with Gasteiger partial charge in [0.1, 0.15) is 5.75 Å². The Labute approximate surface area is 143 Å². The predicted octanol–water partition coefficient (Wildman–Crippen LogP) is 2.39. The Morgan fingerprint density at radius 2 is 2.17 bits per heavy atom. The van der Waals surface area contributed by atoms with Gasteiger partial charge in [0.15, 0.2) is 0 Å². The Kier molecular flexibility index (Phi) is 5.20. The van der Waals surface area contributed by atoms with Crippen molar-refractivity contribution in [2.75, 3.05) is 33.3 Å². The molecule has 5 nitrogen and oxygen atoms in total. The van der Waals surface area contributed by atoms with Crippen LogP contribution in [0.25, 0.3) is 10.8 Å². The number of piperazine rings is 1. The van der Waals surface area contributed by atoms with Crippen molar-refractivity contribution in [2.45, 2.75) is 19.4 Å². The zero-order valence-corrected chi connectivity index (χ0v) is 14.3. The van der Waals surface area contributed by atoms with Crippen LogP contribution in [0.15, 0.2) is 36.4 Å². The Hall–Kier alpha value is -2.27. The summed E-state index contributed by atoms with van der Waals surface area (Å²) in [4.78, 5) is 14.2. The van der Waals surface area contributed by atoms with Gasteiger partial charge in [-0.1, -0.05) is 30.3 Å². The van der Waals surface area contributed by atoms with Crippen molar-refractivity contribution < 1.29 is 9.53 Å². The first-order chi connectivity index (χ1) is 11.7. The first-order valence-electron chi connectivity index (χ1n) is 8.50. The Balaban J connectivity index is 1.66. The van der Waals surface area contributed by atoms with E-state index in [0.717, 1.165) is 37.4 Å². The molecule has 1 saturated heterocycles. The van der Waals surface area contributed by atoms with Gasteiger partial charge in [-0.2, -0.15) is 0 Å². The topological polar surface area (TPSA) is 53.6 Å². The van der Waals surface area contributed by atoms with Gasteiger partial charge in [-0.15, -0.1) is 0 Å². The number of ether oxygens (including phenoxy) is 1. The molecule has 1 aliphatic heterocycles. The summed E-state index contributed by atoms with van der Waals surface area (Å²) in [5, 5.41) is 8.76. The number of hydrogen-bond donors (Lipinski definition) is 2. The lowest BCUT2D eigenvalue weighted by atomic mass is 10.0. The van der Waals surface area contributed by atoms with Gasteiger partial charge in [0.2, 0.25) is 0 Å². The molecule has 2 aromatic carbocycles. The average molecular weight is 327 g/mol. The Morgan fingerprint density at radius 3 is 2.96 bits per heavy atom. The Bertz CT molecular complexity index is 717. The van der Waals surface area contributed by atoms with Gasteiger partial charge < -0.3 is 20.3 Å². The fourth-order valence-corrected chi connectivity index (χ4v) is 3.29. The number of carbonyl (C=O) groups excluding carboxylic acids is 1. The quantitative estimate of drug-likeness (QED) is 0.907. The van der Waals surface area contributed by atoms with Crippen molar-refractivity contribution in [3.63, 3.8) is 0 Å². The van der Waals surface area contributed by atoms with Crippen molar-refractivity contribution in [3.05, 3.63) is 42.0 Å². The number of benzene rings is 2. The third-order valence-electron chi connectivity index (χ3n) is 4.52. The molecule has 1 heterocycles. The summed E-state index contributed by atoms with van der Waals surface area (Å²) in [5.74, 6) is 0.874. The Morgan fingerprint density at radius 1 is 1.33 bits per heavy atom. The number of nitrogens with zero attached hydrogens (tertiary/aromatic N) is 1. The molecule has 0 aromatic heterocycles. The van der Waals surface area contributed by atoms with E-state index in [1.807, 2.05) is 23.1 Å². The molecule has 3 rings (SSSR count). The number of nitrogens with one attached hydrogen (secondary N) is 2. The number of carbonyl (C=O) groups is 1. The minimum absolute atomic E-state index is 0.0163. The van der Waals surface area contributed by atoms with E-state index in [0.29, 0.717) is 12.6 Å². The van der Waals surface area contributed by atoms with E-state index in [4.69, 9.17) is 4.74 Å². The highest BCUT2D eigenvalue weighted by Crippen LogP contribution is 2.28. The fourth-order valence-electron chi connectivity index (χ4n) is 3.29. The van der Waals surface area contributed by atoms with Gasteiger partial charge in [-0.25, -0.2) is 4.79 Å². The summed E-state index contributed by atoms with van der Waals surface area (Å²) in [6.45, 7) is 5.06. The number of urea groups is 1. The SMILES string of the molecule is COc1ccc2ccccc2c1CCNC(=O)N1CCNC(C)C1. The van der Waals surface area contributed by atoms with Crippen LogP contribution in [0.4, 0.5) is 4.79 Å². The second-order valence-corrected chi connectivity index (χ2v) is 6.25. The van der Waals surface area contributed by atoms with Crippen LogP contribution < -0.4 is 15.4 Å². The highest BCUT2D eigenvalue weighted by molar-refractivity contribution is 5.87. The second-order valence-electron chi connectivity index (χ2n) is 6.25. The lowest BCUT2D eigenvalue weighted by Gasteiger charge is -2.31. The van der Waals surface area contributed by atoms with Crippen LogP contribution in [-0.2, 0) is 6.42 Å². The van der Waals surface area contributed by atoms with Crippen LogP contribution in [-0.4, -0.2) is 50.3 Å². The van der Waals surface area contributed by atoms with E-state index in [9.17, 15) is 4.79 Å². The van der Waals surface area contributed by atoms with E-state index >= 15 is 0 Å². The molecule has 1 atom stereocenters. The molecule has 0 aliphatic carbocycles. The van der Waals surface area contributed by atoms with Crippen LogP contribution in [0.1, 0.15) is 12.5 Å². The number of fused-ring (bicyclic) bond motifs is 1. The normalized spacial score (nSPS) is 17.8. The van der Waals surface area contributed by atoms with E-state index in [1.165, 1.54) is 10.8 Å². The summed E-state index contributed by atoms with van der Waals surface area (Å²) >= 11 is 0. The molecule has 2 N–H and O–H groups in total. The van der Waals surface area contributed by atoms with E-state index in [2.05, 4.69) is 35.8 Å². The maximum absolute atomic E-state index is 12.3. The zero-order chi connectivity index (χ0) is 16.9. The van der Waals surface area contributed by atoms with E-state index in [-0.39, 0.29) is 6.03 Å². The average Bonchev–Trinajstić information content (AvgIpc) is 2.61. The lowest BCUT2D eigenvalue weighted by molar-refractivity contribution is 0.179. The third-order valence-corrected chi connectivity index (χ3v) is 4.52. The summed E-state index contributed by atoms with van der Waals surface area (Å²) in [5.41, 5.74) is 1.14. The second kappa shape index (κ2) is 7.53. The molecular formula is C19H25N3O2. The molecule has 1 unspecified atom stereocenters. The standard InChI is InChI=1S/C19H25N3O2/c1-14-13-22(12-11-20-14)19(23)21-10-9-17-16-6-4-3-5-15(16)7-8-18(17)24-2/h3-8,14,20H,9-13H2,1-2H3,(H,21,23). The molecule has 0 spiro atoms. The van der Waals surface area contributed by atoms with Gasteiger partial charge in [0, 0.05) is 37.8 Å². The largest absolute Gasteiger partial charge is 0.496 e. The van der Waals surface area contributed by atoms with Crippen molar-refractivity contribution in [3.8, 4) is 5.75 Å². The van der Waals surface area contributed by atoms with Gasteiger partial charge >= 0.3 is 6.03 Å². The highest BCUT2D eigenvalue weighted by Gasteiger charge is 2.20. The molecule has 24 heavy (non-hydrogen) atoms. The maximum atomic E-state index is 12.3. The number of rotatable bonds is 4. The lowest BCUT2D eigenvalue weighted by Crippen LogP contribution is -2.54. The van der Waals surface area contributed by atoms with Gasteiger partial charge in [-0.05, 0) is 30.2 Å². The summed E-state index contributed by atoms with van der Waals surface area (Å²) in [6.07, 6.45) is 0.748. The molecule has 1 aliphatic rings. The number of hydrogen-bond acceptors (Lipinski definition) is 3. The number of amides is 2. The van der Waals surface area contributed by atoms with Crippen molar-refractivity contribution >= 4 is 16.8 Å². The van der Waals surface area contributed by atoms with Crippen LogP contribution in [0.5, 0.6) is 5.75 Å². The van der Waals surface area contributed by atoms with Gasteiger partial charge in [0.05, 0.1) is 7.11 Å². The molecule has 2 amide bonds. The monoisotopic (exact) mass is 327 g/mol. The van der Waals surface area contributed by atoms with Crippen molar-refractivity contribution in [1.29, 1.82) is 0 Å². The molecule has 0 radical (unpaired) electrons. The molecule has 0 saturated carbocycles. The summed E-state index contributed by atoms with van der Waals surface area (Å²) < 4.78 is 5.51. The van der Waals surface area contributed by atoms with Crippen molar-refractivity contribution in [1.82, 2.24) is 15.5 Å². The number of methoxy groups -OCH3 is 1. The predicted molar refractivity (Wildman–Crippen MR) is 96.6 cm³/mol. The fraction of sp³-hybridized carbons (Fsp3) is 0.421. The smallest absolute Gasteiger partial charge is 0.317 e. The van der Waals surface area contributed by atoms with Crippen LogP contribution in [0.2, 0.25) is 0 Å². The van der Waals surface area contributed by atoms with E-state index < -0.39 is 0 Å². The zero-order valence-electron chi connectivity index (χ0n) is 14.3. The maximum Gasteiger partial charge on any atom is 0.317 e. The molecule has 0 bridgehead atoms. The molecule has 5 heteroatoms. The van der Waals surface area contributed by atoms with Gasteiger partial charge in [0.25, 0.3) is 0 Å². The highest BCUT2D eigenvalue weighted by atomic mass is 16.5. The summed E-state index contributed by atoms with van der Waals surface area (Å²) in [7, 11) is 1.69.